The fourth-order valence-electron chi connectivity index (χ4n) is 1.89. The lowest BCUT2D eigenvalue weighted by molar-refractivity contribution is -0.122. The summed E-state index contributed by atoms with van der Waals surface area (Å²) in [6, 6.07) is 8.30. The Morgan fingerprint density at radius 2 is 2.15 bits per heavy atom. The van der Waals surface area contributed by atoms with Gasteiger partial charge in [0.25, 0.3) is 0 Å². The molecule has 104 valence electrons. The summed E-state index contributed by atoms with van der Waals surface area (Å²) < 4.78 is 1.39. The molecule has 0 aliphatic rings. The number of rotatable bonds is 5. The third-order valence-corrected chi connectivity index (χ3v) is 2.87. The van der Waals surface area contributed by atoms with E-state index >= 15 is 0 Å². The van der Waals surface area contributed by atoms with Crippen molar-refractivity contribution in [2.24, 2.45) is 0 Å². The van der Waals surface area contributed by atoms with Crippen molar-refractivity contribution in [3.63, 3.8) is 0 Å². The molecular formula is C14H15N3O3. The molecule has 0 aliphatic heterocycles. The van der Waals surface area contributed by atoms with Crippen LogP contribution < -0.4 is 5.32 Å². The van der Waals surface area contributed by atoms with Crippen LogP contribution >= 0.6 is 0 Å². The van der Waals surface area contributed by atoms with Gasteiger partial charge in [-0.15, -0.1) is 0 Å². The zero-order valence-corrected chi connectivity index (χ0v) is 11.0. The molecule has 0 bridgehead atoms. The average molecular weight is 273 g/mol. The van der Waals surface area contributed by atoms with E-state index in [9.17, 15) is 9.59 Å². The summed E-state index contributed by atoms with van der Waals surface area (Å²) in [6.07, 6.45) is 3.22. The van der Waals surface area contributed by atoms with Gasteiger partial charge in [-0.3, -0.25) is 9.78 Å². The van der Waals surface area contributed by atoms with E-state index in [0.29, 0.717) is 0 Å². The number of hydrogen-bond donors (Lipinski definition) is 2. The van der Waals surface area contributed by atoms with Crippen LogP contribution in [0.2, 0.25) is 0 Å². The predicted octanol–water partition coefficient (Wildman–Crippen LogP) is 1.46. The highest BCUT2D eigenvalue weighted by atomic mass is 16.4. The number of nitrogens with zero attached hydrogens (tertiary/aromatic N) is 2. The van der Waals surface area contributed by atoms with Crippen molar-refractivity contribution < 1.29 is 14.7 Å². The minimum Gasteiger partial charge on any atom is -0.477 e. The van der Waals surface area contributed by atoms with E-state index in [2.05, 4.69) is 10.3 Å². The molecule has 0 radical (unpaired) electrons. The molecular weight excluding hydrogens is 258 g/mol. The van der Waals surface area contributed by atoms with Gasteiger partial charge in [0.15, 0.2) is 0 Å². The molecule has 0 fully saturated rings. The summed E-state index contributed by atoms with van der Waals surface area (Å²) in [6.45, 7) is 1.79. The number of amides is 1. The van der Waals surface area contributed by atoms with Gasteiger partial charge in [-0.25, -0.2) is 4.79 Å². The molecule has 1 atom stereocenters. The van der Waals surface area contributed by atoms with E-state index in [1.165, 1.54) is 10.6 Å². The summed E-state index contributed by atoms with van der Waals surface area (Å²) in [4.78, 5) is 27.0. The molecule has 1 amide bonds. The highest BCUT2D eigenvalue weighted by Gasteiger charge is 2.14. The fourth-order valence-corrected chi connectivity index (χ4v) is 1.89. The molecule has 2 heterocycles. The van der Waals surface area contributed by atoms with Crippen LogP contribution in [-0.2, 0) is 11.3 Å². The van der Waals surface area contributed by atoms with Gasteiger partial charge in [0.2, 0.25) is 5.91 Å². The van der Waals surface area contributed by atoms with Gasteiger partial charge in [0.1, 0.15) is 12.2 Å². The third-order valence-electron chi connectivity index (χ3n) is 2.87. The summed E-state index contributed by atoms with van der Waals surface area (Å²) in [7, 11) is 0. The highest BCUT2D eigenvalue weighted by Crippen LogP contribution is 2.08. The Labute approximate surface area is 116 Å². The number of hydrogen-bond acceptors (Lipinski definition) is 3. The van der Waals surface area contributed by atoms with Crippen LogP contribution in [0, 0.1) is 0 Å². The van der Waals surface area contributed by atoms with E-state index in [4.69, 9.17) is 5.11 Å². The van der Waals surface area contributed by atoms with Crippen LogP contribution in [0.3, 0.4) is 0 Å². The number of pyridine rings is 1. The monoisotopic (exact) mass is 273 g/mol. The minimum atomic E-state index is -1.06. The highest BCUT2D eigenvalue weighted by molar-refractivity contribution is 5.86. The number of carbonyl (C=O) groups is 2. The molecule has 2 aromatic rings. The van der Waals surface area contributed by atoms with Crippen LogP contribution in [0.25, 0.3) is 0 Å². The zero-order valence-electron chi connectivity index (χ0n) is 11.0. The van der Waals surface area contributed by atoms with Crippen LogP contribution in [0.4, 0.5) is 0 Å². The van der Waals surface area contributed by atoms with Crippen LogP contribution in [0.5, 0.6) is 0 Å². The first-order chi connectivity index (χ1) is 9.58. The average Bonchev–Trinajstić information content (AvgIpc) is 2.87. The summed E-state index contributed by atoms with van der Waals surface area (Å²) in [5, 5.41) is 11.8. The van der Waals surface area contributed by atoms with Crippen LogP contribution in [-0.4, -0.2) is 26.5 Å². The van der Waals surface area contributed by atoms with Gasteiger partial charge in [0, 0.05) is 12.4 Å². The second kappa shape index (κ2) is 6.01. The molecule has 20 heavy (non-hydrogen) atoms. The molecule has 0 aromatic carbocycles. The van der Waals surface area contributed by atoms with Gasteiger partial charge >= 0.3 is 5.97 Å². The largest absolute Gasteiger partial charge is 0.477 e. The Morgan fingerprint density at radius 3 is 2.80 bits per heavy atom. The van der Waals surface area contributed by atoms with Gasteiger partial charge < -0.3 is 15.0 Å². The maximum atomic E-state index is 11.9. The molecule has 0 aliphatic carbocycles. The zero-order chi connectivity index (χ0) is 14.5. The first kappa shape index (κ1) is 13.8. The van der Waals surface area contributed by atoms with Gasteiger partial charge in [-0.05, 0) is 31.2 Å². The fraction of sp³-hybridized carbons (Fsp3) is 0.214. The number of carbonyl (C=O) groups excluding carboxylic acids is 1. The molecule has 6 nitrogen and oxygen atoms in total. The molecule has 2 aromatic heterocycles. The number of aromatic nitrogens is 2. The molecule has 0 spiro atoms. The maximum absolute atomic E-state index is 11.9. The molecule has 6 heteroatoms. The quantitative estimate of drug-likeness (QED) is 0.863. The molecule has 2 N–H and O–H groups in total. The lowest BCUT2D eigenvalue weighted by atomic mass is 10.2. The number of aromatic carboxylic acids is 1. The number of nitrogens with one attached hydrogen (secondary N) is 1. The minimum absolute atomic E-state index is 0.0359. The normalized spacial score (nSPS) is 11.8. The lowest BCUT2D eigenvalue weighted by Gasteiger charge is -2.14. The van der Waals surface area contributed by atoms with Crippen molar-refractivity contribution >= 4 is 11.9 Å². The Hall–Kier alpha value is -2.63. The van der Waals surface area contributed by atoms with Gasteiger partial charge in [-0.2, -0.15) is 0 Å². The predicted molar refractivity (Wildman–Crippen MR) is 72.2 cm³/mol. The van der Waals surface area contributed by atoms with E-state index in [-0.39, 0.29) is 24.2 Å². The maximum Gasteiger partial charge on any atom is 0.352 e. The Morgan fingerprint density at radius 1 is 1.35 bits per heavy atom. The Kier molecular flexibility index (Phi) is 4.14. The lowest BCUT2D eigenvalue weighted by Crippen LogP contribution is -2.31. The van der Waals surface area contributed by atoms with E-state index < -0.39 is 5.97 Å². The Bertz CT molecular complexity index is 607. The second-order valence-electron chi connectivity index (χ2n) is 4.37. The van der Waals surface area contributed by atoms with Crippen LogP contribution in [0.15, 0.2) is 42.7 Å². The van der Waals surface area contributed by atoms with Crippen molar-refractivity contribution in [1.29, 1.82) is 0 Å². The SMILES string of the molecule is CC(NC(=O)Cn1cccc1C(=O)O)c1ccccn1. The smallest absolute Gasteiger partial charge is 0.352 e. The summed E-state index contributed by atoms with van der Waals surface area (Å²) in [5.41, 5.74) is 0.845. The van der Waals surface area contributed by atoms with Gasteiger partial charge in [0.05, 0.1) is 11.7 Å². The van der Waals surface area contributed by atoms with Gasteiger partial charge in [-0.1, -0.05) is 6.07 Å². The first-order valence-corrected chi connectivity index (χ1v) is 6.16. The topological polar surface area (TPSA) is 84.2 Å². The number of carboxylic acids is 1. The molecule has 0 saturated carbocycles. The molecule has 1 unspecified atom stereocenters. The van der Waals surface area contributed by atoms with E-state index in [1.807, 2.05) is 19.1 Å². The molecule has 0 saturated heterocycles. The van der Waals surface area contributed by atoms with Crippen molar-refractivity contribution in [3.05, 3.63) is 54.1 Å². The summed E-state index contributed by atoms with van der Waals surface area (Å²) >= 11 is 0. The Balaban J connectivity index is 1.99. The van der Waals surface area contributed by atoms with E-state index in [0.717, 1.165) is 5.69 Å². The number of carboxylic acid groups (broad SMARTS) is 1. The van der Waals surface area contributed by atoms with E-state index in [1.54, 1.807) is 24.5 Å². The van der Waals surface area contributed by atoms with Crippen molar-refractivity contribution in [2.45, 2.75) is 19.5 Å². The third kappa shape index (κ3) is 3.23. The van der Waals surface area contributed by atoms with Crippen molar-refractivity contribution in [1.82, 2.24) is 14.9 Å². The standard InChI is InChI=1S/C14H15N3O3/c1-10(11-5-2-3-7-15-11)16-13(18)9-17-8-4-6-12(17)14(19)20/h2-8,10H,9H2,1H3,(H,16,18)(H,19,20). The van der Waals surface area contributed by atoms with Crippen molar-refractivity contribution in [3.8, 4) is 0 Å². The second-order valence-corrected chi connectivity index (χ2v) is 4.37. The van der Waals surface area contributed by atoms with Crippen molar-refractivity contribution in [2.75, 3.05) is 0 Å². The van der Waals surface area contributed by atoms with Crippen LogP contribution in [0.1, 0.15) is 29.1 Å². The molecule has 2 rings (SSSR count). The summed E-state index contributed by atoms with van der Waals surface area (Å²) in [5.74, 6) is -1.32. The first-order valence-electron chi connectivity index (χ1n) is 6.16.